The second-order valence-electron chi connectivity index (χ2n) is 4.34. The van der Waals surface area contributed by atoms with Crippen molar-refractivity contribution in [1.29, 1.82) is 0 Å². The van der Waals surface area contributed by atoms with E-state index in [9.17, 15) is 0 Å². The van der Waals surface area contributed by atoms with Crippen molar-refractivity contribution in [2.75, 3.05) is 44.1 Å². The fourth-order valence-electron chi connectivity index (χ4n) is 1.80. The van der Waals surface area contributed by atoms with Crippen molar-refractivity contribution in [3.8, 4) is 6.01 Å². The van der Waals surface area contributed by atoms with Crippen molar-refractivity contribution in [3.05, 3.63) is 0 Å². The predicted octanol–water partition coefficient (Wildman–Crippen LogP) is 0.927. The average Bonchev–Trinajstić information content (AvgIpc) is 3.24. The lowest BCUT2D eigenvalue weighted by atomic mass is 10.5. The van der Waals surface area contributed by atoms with Crippen LogP contribution in [0.4, 0.5) is 11.9 Å². The Balaban J connectivity index is 2.21. The average molecular weight is 267 g/mol. The monoisotopic (exact) mass is 267 g/mol. The Labute approximate surface area is 113 Å². The zero-order chi connectivity index (χ0) is 13.7. The minimum absolute atomic E-state index is 0.361. The summed E-state index contributed by atoms with van der Waals surface area (Å²) in [4.78, 5) is 15.1. The molecule has 0 unspecified atom stereocenters. The molecule has 1 aliphatic rings. The SMILES string of the molecule is CCOc1nc(NC)nc(N(CCOC)C2CC2)n1. The van der Waals surface area contributed by atoms with Crippen LogP contribution in [-0.2, 0) is 4.74 Å². The van der Waals surface area contributed by atoms with E-state index in [1.165, 1.54) is 12.8 Å². The number of hydrogen-bond donors (Lipinski definition) is 1. The fraction of sp³-hybridized carbons (Fsp3) is 0.750. The molecule has 0 aromatic carbocycles. The topological polar surface area (TPSA) is 72.4 Å². The van der Waals surface area contributed by atoms with Gasteiger partial charge in [0.1, 0.15) is 0 Å². The molecule has 1 N–H and O–H groups in total. The standard InChI is InChI=1S/C12H21N5O2/c1-4-19-12-15-10(13-2)14-11(16-12)17(7-8-18-3)9-5-6-9/h9H,4-8H2,1-3H3,(H,13,14,15,16). The second kappa shape index (κ2) is 6.51. The lowest BCUT2D eigenvalue weighted by molar-refractivity contribution is 0.204. The Morgan fingerprint density at radius 2 is 2.11 bits per heavy atom. The highest BCUT2D eigenvalue weighted by Crippen LogP contribution is 2.30. The van der Waals surface area contributed by atoms with Crippen LogP contribution >= 0.6 is 0 Å². The molecule has 1 heterocycles. The highest BCUT2D eigenvalue weighted by atomic mass is 16.5. The molecular formula is C12H21N5O2. The van der Waals surface area contributed by atoms with E-state index in [4.69, 9.17) is 9.47 Å². The van der Waals surface area contributed by atoms with Crippen molar-refractivity contribution in [2.24, 2.45) is 0 Å². The van der Waals surface area contributed by atoms with Gasteiger partial charge in [-0.1, -0.05) is 0 Å². The van der Waals surface area contributed by atoms with Gasteiger partial charge >= 0.3 is 6.01 Å². The molecule has 2 rings (SSSR count). The van der Waals surface area contributed by atoms with Crippen LogP contribution in [0.15, 0.2) is 0 Å². The molecule has 7 heteroatoms. The summed E-state index contributed by atoms with van der Waals surface area (Å²) < 4.78 is 10.5. The highest BCUT2D eigenvalue weighted by molar-refractivity contribution is 5.40. The normalized spacial score (nSPS) is 14.3. The Morgan fingerprint density at radius 1 is 1.32 bits per heavy atom. The number of nitrogens with zero attached hydrogens (tertiary/aromatic N) is 4. The molecule has 0 bridgehead atoms. The lowest BCUT2D eigenvalue weighted by Gasteiger charge is -2.22. The first kappa shape index (κ1) is 13.8. The number of methoxy groups -OCH3 is 1. The summed E-state index contributed by atoms with van der Waals surface area (Å²) in [6.45, 7) is 3.88. The van der Waals surface area contributed by atoms with E-state index in [1.807, 2.05) is 6.92 Å². The predicted molar refractivity (Wildman–Crippen MR) is 72.8 cm³/mol. The zero-order valence-electron chi connectivity index (χ0n) is 11.7. The maximum absolute atomic E-state index is 5.38. The summed E-state index contributed by atoms with van der Waals surface area (Å²) in [5.41, 5.74) is 0. The van der Waals surface area contributed by atoms with Crippen LogP contribution in [-0.4, -0.2) is 54.9 Å². The first-order chi connectivity index (χ1) is 9.28. The molecule has 7 nitrogen and oxygen atoms in total. The maximum Gasteiger partial charge on any atom is 0.323 e. The van der Waals surface area contributed by atoms with Crippen LogP contribution in [0.1, 0.15) is 19.8 Å². The van der Waals surface area contributed by atoms with E-state index < -0.39 is 0 Å². The van der Waals surface area contributed by atoms with Gasteiger partial charge in [0.15, 0.2) is 0 Å². The first-order valence-corrected chi connectivity index (χ1v) is 6.60. The molecule has 1 aliphatic carbocycles. The van der Waals surface area contributed by atoms with Crippen LogP contribution in [0.2, 0.25) is 0 Å². The minimum Gasteiger partial charge on any atom is -0.464 e. The van der Waals surface area contributed by atoms with Crippen molar-refractivity contribution < 1.29 is 9.47 Å². The number of ether oxygens (including phenoxy) is 2. The third-order valence-electron chi connectivity index (χ3n) is 2.88. The van der Waals surface area contributed by atoms with Gasteiger partial charge < -0.3 is 19.7 Å². The zero-order valence-corrected chi connectivity index (χ0v) is 11.7. The van der Waals surface area contributed by atoms with Crippen LogP contribution in [0, 0.1) is 0 Å². The van der Waals surface area contributed by atoms with Gasteiger partial charge in [0.25, 0.3) is 0 Å². The third-order valence-corrected chi connectivity index (χ3v) is 2.88. The van der Waals surface area contributed by atoms with Gasteiger partial charge in [0, 0.05) is 26.7 Å². The molecule has 0 saturated heterocycles. The maximum atomic E-state index is 5.38. The fourth-order valence-corrected chi connectivity index (χ4v) is 1.80. The highest BCUT2D eigenvalue weighted by Gasteiger charge is 2.31. The molecule has 19 heavy (non-hydrogen) atoms. The summed E-state index contributed by atoms with van der Waals surface area (Å²) in [5, 5.41) is 2.94. The Bertz CT molecular complexity index is 411. The number of aromatic nitrogens is 3. The van der Waals surface area contributed by atoms with Gasteiger partial charge in [0.05, 0.1) is 13.2 Å². The van der Waals surface area contributed by atoms with E-state index in [0.717, 1.165) is 6.54 Å². The van der Waals surface area contributed by atoms with Gasteiger partial charge in [-0.3, -0.25) is 0 Å². The third kappa shape index (κ3) is 3.66. The van der Waals surface area contributed by atoms with Gasteiger partial charge in [-0.2, -0.15) is 15.0 Å². The molecule has 1 fully saturated rings. The van der Waals surface area contributed by atoms with E-state index in [2.05, 4.69) is 25.2 Å². The summed E-state index contributed by atoms with van der Waals surface area (Å²) in [5.74, 6) is 1.18. The summed E-state index contributed by atoms with van der Waals surface area (Å²) in [6.07, 6.45) is 2.35. The van der Waals surface area contributed by atoms with Gasteiger partial charge in [0.2, 0.25) is 11.9 Å². The van der Waals surface area contributed by atoms with E-state index in [0.29, 0.717) is 37.2 Å². The Hall–Kier alpha value is -1.63. The van der Waals surface area contributed by atoms with Crippen molar-refractivity contribution >= 4 is 11.9 Å². The molecule has 0 amide bonds. The molecule has 0 atom stereocenters. The van der Waals surface area contributed by atoms with Crippen LogP contribution < -0.4 is 15.0 Å². The Morgan fingerprint density at radius 3 is 2.68 bits per heavy atom. The van der Waals surface area contributed by atoms with Crippen molar-refractivity contribution in [3.63, 3.8) is 0 Å². The number of anilines is 2. The minimum atomic E-state index is 0.361. The second-order valence-corrected chi connectivity index (χ2v) is 4.34. The molecule has 1 aromatic rings. The number of hydrogen-bond acceptors (Lipinski definition) is 7. The van der Waals surface area contributed by atoms with Gasteiger partial charge in [-0.15, -0.1) is 0 Å². The van der Waals surface area contributed by atoms with Crippen molar-refractivity contribution in [1.82, 2.24) is 15.0 Å². The lowest BCUT2D eigenvalue weighted by Crippen LogP contribution is -2.31. The van der Waals surface area contributed by atoms with Gasteiger partial charge in [-0.05, 0) is 19.8 Å². The Kier molecular flexibility index (Phi) is 4.73. The molecule has 0 aliphatic heterocycles. The van der Waals surface area contributed by atoms with E-state index in [1.54, 1.807) is 14.2 Å². The van der Waals surface area contributed by atoms with E-state index >= 15 is 0 Å². The molecular weight excluding hydrogens is 246 g/mol. The molecule has 0 spiro atoms. The summed E-state index contributed by atoms with van der Waals surface area (Å²) in [7, 11) is 3.48. The summed E-state index contributed by atoms with van der Waals surface area (Å²) in [6, 6.07) is 0.872. The quantitative estimate of drug-likeness (QED) is 0.751. The molecule has 1 saturated carbocycles. The summed E-state index contributed by atoms with van der Waals surface area (Å²) >= 11 is 0. The van der Waals surface area contributed by atoms with Crippen LogP contribution in [0.3, 0.4) is 0 Å². The molecule has 0 radical (unpaired) electrons. The van der Waals surface area contributed by atoms with Crippen LogP contribution in [0.25, 0.3) is 0 Å². The largest absolute Gasteiger partial charge is 0.464 e. The number of rotatable bonds is 8. The molecule has 1 aromatic heterocycles. The van der Waals surface area contributed by atoms with E-state index in [-0.39, 0.29) is 0 Å². The first-order valence-electron chi connectivity index (χ1n) is 6.60. The van der Waals surface area contributed by atoms with Gasteiger partial charge in [-0.25, -0.2) is 0 Å². The van der Waals surface area contributed by atoms with Crippen molar-refractivity contribution in [2.45, 2.75) is 25.8 Å². The molecule has 106 valence electrons. The smallest absolute Gasteiger partial charge is 0.323 e. The van der Waals surface area contributed by atoms with Crippen LogP contribution in [0.5, 0.6) is 6.01 Å². The number of nitrogens with one attached hydrogen (secondary N) is 1.